The number of aliphatic hydroxyl groups excluding tert-OH is 1. The van der Waals surface area contributed by atoms with Crippen molar-refractivity contribution in [2.45, 2.75) is 69.8 Å². The van der Waals surface area contributed by atoms with Crippen molar-refractivity contribution in [3.05, 3.63) is 29.8 Å². The maximum atomic E-state index is 9.98. The monoisotopic (exact) mass is 280 g/mol. The van der Waals surface area contributed by atoms with E-state index < -0.39 is 0 Å². The van der Waals surface area contributed by atoms with Crippen molar-refractivity contribution in [3.8, 4) is 0 Å². The fraction of sp³-hybridized carbons (Fsp3) is 0.647. The quantitative estimate of drug-likeness (QED) is 0.469. The molecule has 1 aromatic carbocycles. The van der Waals surface area contributed by atoms with E-state index in [1.165, 1.54) is 49.0 Å². The Balaban J connectivity index is 2.08. The Labute approximate surface area is 122 Å². The molecule has 1 N–H and O–H groups in total. The van der Waals surface area contributed by atoms with Crippen LogP contribution in [0.3, 0.4) is 0 Å². The van der Waals surface area contributed by atoms with E-state index in [-0.39, 0.29) is 6.10 Å². The zero-order chi connectivity index (χ0) is 13.9. The first kappa shape index (κ1) is 16.6. The van der Waals surface area contributed by atoms with Crippen LogP contribution in [0, 0.1) is 6.92 Å². The van der Waals surface area contributed by atoms with Crippen molar-refractivity contribution in [1.29, 1.82) is 0 Å². The third kappa shape index (κ3) is 7.64. The molecule has 0 aliphatic heterocycles. The number of aliphatic hydroxyl groups is 1. The fourth-order valence-electron chi connectivity index (χ4n) is 2.15. The van der Waals surface area contributed by atoms with Crippen LogP contribution >= 0.6 is 11.8 Å². The van der Waals surface area contributed by atoms with Gasteiger partial charge in [-0.25, -0.2) is 0 Å². The molecule has 0 bridgehead atoms. The second-order valence-electron chi connectivity index (χ2n) is 5.29. The molecule has 1 rings (SSSR count). The smallest absolute Gasteiger partial charge is 0.0634 e. The minimum absolute atomic E-state index is 0.157. The number of rotatable bonds is 10. The van der Waals surface area contributed by atoms with Gasteiger partial charge in [0.15, 0.2) is 0 Å². The summed E-state index contributed by atoms with van der Waals surface area (Å²) in [6.45, 7) is 4.37. The SMILES string of the molecule is CCCCCCCCC(O)CSc1ccccc1C. The van der Waals surface area contributed by atoms with Crippen LogP contribution in [-0.2, 0) is 0 Å². The second-order valence-corrected chi connectivity index (χ2v) is 6.35. The Kier molecular flexibility index (Phi) is 9.02. The molecule has 1 unspecified atom stereocenters. The van der Waals surface area contributed by atoms with Crippen molar-refractivity contribution >= 4 is 11.8 Å². The van der Waals surface area contributed by atoms with Gasteiger partial charge in [0.05, 0.1) is 6.10 Å². The molecule has 2 heteroatoms. The van der Waals surface area contributed by atoms with Crippen molar-refractivity contribution in [1.82, 2.24) is 0 Å². The number of unbranched alkanes of at least 4 members (excludes halogenated alkanes) is 5. The van der Waals surface area contributed by atoms with Gasteiger partial charge in [0.1, 0.15) is 0 Å². The van der Waals surface area contributed by atoms with Gasteiger partial charge in [-0.1, -0.05) is 63.6 Å². The predicted molar refractivity (Wildman–Crippen MR) is 85.9 cm³/mol. The van der Waals surface area contributed by atoms with Crippen LogP contribution in [0.1, 0.15) is 57.4 Å². The largest absolute Gasteiger partial charge is 0.392 e. The Morgan fingerprint density at radius 2 is 1.74 bits per heavy atom. The van der Waals surface area contributed by atoms with E-state index in [2.05, 4.69) is 38.1 Å². The number of hydrogen-bond donors (Lipinski definition) is 1. The molecule has 0 aliphatic carbocycles. The summed E-state index contributed by atoms with van der Waals surface area (Å²) in [6, 6.07) is 8.39. The van der Waals surface area contributed by atoms with Crippen molar-refractivity contribution in [3.63, 3.8) is 0 Å². The van der Waals surface area contributed by atoms with E-state index in [0.29, 0.717) is 0 Å². The highest BCUT2D eigenvalue weighted by molar-refractivity contribution is 7.99. The van der Waals surface area contributed by atoms with E-state index in [1.54, 1.807) is 11.8 Å². The average molecular weight is 280 g/mol. The summed E-state index contributed by atoms with van der Waals surface area (Å²) in [4.78, 5) is 1.30. The van der Waals surface area contributed by atoms with Crippen LogP contribution in [0.5, 0.6) is 0 Å². The molecule has 0 heterocycles. The van der Waals surface area contributed by atoms with Gasteiger partial charge in [-0.05, 0) is 25.0 Å². The average Bonchev–Trinajstić information content (AvgIpc) is 2.42. The Bertz CT molecular complexity index is 338. The van der Waals surface area contributed by atoms with Crippen LogP contribution in [0.25, 0.3) is 0 Å². The summed E-state index contributed by atoms with van der Waals surface area (Å²) in [5.41, 5.74) is 1.30. The molecule has 1 atom stereocenters. The summed E-state index contributed by atoms with van der Waals surface area (Å²) in [6.07, 6.45) is 8.56. The summed E-state index contributed by atoms with van der Waals surface area (Å²) >= 11 is 1.78. The number of hydrogen-bond acceptors (Lipinski definition) is 2. The van der Waals surface area contributed by atoms with Crippen molar-refractivity contribution in [2.75, 3.05) is 5.75 Å². The predicted octanol–water partition coefficient (Wildman–Crippen LogP) is 5.20. The van der Waals surface area contributed by atoms with Gasteiger partial charge in [0.2, 0.25) is 0 Å². The van der Waals surface area contributed by atoms with Crippen LogP contribution in [0.15, 0.2) is 29.2 Å². The maximum Gasteiger partial charge on any atom is 0.0634 e. The molecular formula is C17H28OS. The third-order valence-corrected chi connectivity index (χ3v) is 4.74. The topological polar surface area (TPSA) is 20.2 Å². The van der Waals surface area contributed by atoms with Gasteiger partial charge in [0, 0.05) is 10.6 Å². The Morgan fingerprint density at radius 1 is 1.05 bits per heavy atom. The van der Waals surface area contributed by atoms with Crippen molar-refractivity contribution < 1.29 is 5.11 Å². The molecule has 0 saturated carbocycles. The molecular weight excluding hydrogens is 252 g/mol. The van der Waals surface area contributed by atoms with E-state index in [1.807, 2.05) is 0 Å². The highest BCUT2D eigenvalue weighted by Gasteiger charge is 2.06. The van der Waals surface area contributed by atoms with Crippen LogP contribution in [0.2, 0.25) is 0 Å². The van der Waals surface area contributed by atoms with Gasteiger partial charge in [0.25, 0.3) is 0 Å². The number of thioether (sulfide) groups is 1. The lowest BCUT2D eigenvalue weighted by Crippen LogP contribution is -2.09. The first-order valence-electron chi connectivity index (χ1n) is 7.60. The van der Waals surface area contributed by atoms with Crippen LogP contribution < -0.4 is 0 Å². The lowest BCUT2D eigenvalue weighted by atomic mass is 10.1. The highest BCUT2D eigenvalue weighted by atomic mass is 32.2. The normalized spacial score (nSPS) is 12.6. The van der Waals surface area contributed by atoms with Gasteiger partial charge < -0.3 is 5.11 Å². The summed E-state index contributed by atoms with van der Waals surface area (Å²) in [7, 11) is 0. The lowest BCUT2D eigenvalue weighted by Gasteiger charge is -2.11. The molecule has 0 amide bonds. The molecule has 0 radical (unpaired) electrons. The van der Waals surface area contributed by atoms with Crippen LogP contribution in [0.4, 0.5) is 0 Å². The first-order valence-corrected chi connectivity index (χ1v) is 8.59. The van der Waals surface area contributed by atoms with Gasteiger partial charge >= 0.3 is 0 Å². The van der Waals surface area contributed by atoms with E-state index in [4.69, 9.17) is 0 Å². The van der Waals surface area contributed by atoms with E-state index in [0.717, 1.165) is 12.2 Å². The molecule has 19 heavy (non-hydrogen) atoms. The summed E-state index contributed by atoms with van der Waals surface area (Å²) < 4.78 is 0. The summed E-state index contributed by atoms with van der Waals surface area (Å²) in [5, 5.41) is 9.98. The van der Waals surface area contributed by atoms with Crippen LogP contribution in [-0.4, -0.2) is 17.0 Å². The molecule has 0 aliphatic rings. The van der Waals surface area contributed by atoms with E-state index in [9.17, 15) is 5.11 Å². The Morgan fingerprint density at radius 3 is 2.47 bits per heavy atom. The maximum absolute atomic E-state index is 9.98. The number of aryl methyl sites for hydroxylation is 1. The summed E-state index contributed by atoms with van der Waals surface area (Å²) in [5.74, 6) is 0.819. The zero-order valence-corrected chi connectivity index (χ0v) is 13.2. The zero-order valence-electron chi connectivity index (χ0n) is 12.4. The van der Waals surface area contributed by atoms with Gasteiger partial charge in [-0.3, -0.25) is 0 Å². The first-order chi connectivity index (χ1) is 9.24. The molecule has 0 saturated heterocycles. The Hall–Kier alpha value is -0.470. The molecule has 0 aromatic heterocycles. The van der Waals surface area contributed by atoms with Crippen molar-refractivity contribution in [2.24, 2.45) is 0 Å². The molecule has 108 valence electrons. The minimum Gasteiger partial charge on any atom is -0.392 e. The minimum atomic E-state index is -0.157. The van der Waals surface area contributed by atoms with Gasteiger partial charge in [-0.2, -0.15) is 0 Å². The number of benzene rings is 1. The standard InChI is InChI=1S/C17H28OS/c1-3-4-5-6-7-8-12-16(18)14-19-17-13-10-9-11-15(17)2/h9-11,13,16,18H,3-8,12,14H2,1-2H3. The molecule has 1 aromatic rings. The lowest BCUT2D eigenvalue weighted by molar-refractivity contribution is 0.185. The highest BCUT2D eigenvalue weighted by Crippen LogP contribution is 2.23. The molecule has 0 fully saturated rings. The fourth-order valence-corrected chi connectivity index (χ4v) is 3.16. The molecule has 0 spiro atoms. The third-order valence-electron chi connectivity index (χ3n) is 3.42. The molecule has 1 nitrogen and oxygen atoms in total. The van der Waals surface area contributed by atoms with Gasteiger partial charge in [-0.15, -0.1) is 11.8 Å². The second kappa shape index (κ2) is 10.3. The van der Waals surface area contributed by atoms with E-state index >= 15 is 0 Å².